The van der Waals surface area contributed by atoms with Crippen LogP contribution in [0.2, 0.25) is 0 Å². The third kappa shape index (κ3) is 4.63. The number of carbonyl (C=O) groups excluding carboxylic acids is 1. The van der Waals surface area contributed by atoms with Crippen LogP contribution in [0.4, 0.5) is 4.39 Å². The van der Waals surface area contributed by atoms with Gasteiger partial charge in [-0.15, -0.1) is 0 Å². The minimum absolute atomic E-state index is 0.166. The molecule has 0 fully saturated rings. The van der Waals surface area contributed by atoms with E-state index in [0.29, 0.717) is 19.5 Å². The number of carbonyl (C=O) groups is 1. The van der Waals surface area contributed by atoms with Crippen molar-refractivity contribution < 1.29 is 9.18 Å². The number of aromatic nitrogens is 2. The van der Waals surface area contributed by atoms with E-state index < -0.39 is 0 Å². The van der Waals surface area contributed by atoms with Crippen LogP contribution in [-0.4, -0.2) is 22.2 Å². The molecule has 1 amide bonds. The van der Waals surface area contributed by atoms with Crippen LogP contribution in [0, 0.1) is 5.82 Å². The number of nitrogens with one attached hydrogen (secondary N) is 1. The average Bonchev–Trinajstić information content (AvgIpc) is 2.64. The van der Waals surface area contributed by atoms with Gasteiger partial charge in [0.25, 0.3) is 11.5 Å². The van der Waals surface area contributed by atoms with Crippen LogP contribution >= 0.6 is 0 Å². The molecule has 0 radical (unpaired) electrons. The molecule has 6 heteroatoms. The van der Waals surface area contributed by atoms with Crippen LogP contribution in [0.1, 0.15) is 21.6 Å². The number of hydrogen-bond acceptors (Lipinski definition) is 3. The Labute approximate surface area is 150 Å². The van der Waals surface area contributed by atoms with Gasteiger partial charge in [-0.1, -0.05) is 42.5 Å². The first-order chi connectivity index (χ1) is 12.6. The van der Waals surface area contributed by atoms with E-state index in [9.17, 15) is 14.0 Å². The molecular weight excluding hydrogens is 333 g/mol. The second-order valence-electron chi connectivity index (χ2n) is 5.84. The second-order valence-corrected chi connectivity index (χ2v) is 5.84. The van der Waals surface area contributed by atoms with Gasteiger partial charge in [-0.3, -0.25) is 9.59 Å². The van der Waals surface area contributed by atoms with Crippen molar-refractivity contribution in [3.63, 3.8) is 0 Å². The SMILES string of the molecule is O=C(NCCc1cccc(F)c1)c1ccc(=O)n(Cc2ccccc2)n1. The molecule has 1 heterocycles. The zero-order chi connectivity index (χ0) is 18.4. The van der Waals surface area contributed by atoms with E-state index >= 15 is 0 Å². The van der Waals surface area contributed by atoms with Crippen molar-refractivity contribution in [3.8, 4) is 0 Å². The third-order valence-electron chi connectivity index (χ3n) is 3.86. The van der Waals surface area contributed by atoms with E-state index in [2.05, 4.69) is 10.4 Å². The fourth-order valence-electron chi connectivity index (χ4n) is 2.54. The summed E-state index contributed by atoms with van der Waals surface area (Å²) < 4.78 is 14.4. The number of rotatable bonds is 6. The predicted octanol–water partition coefficient (Wildman–Crippen LogP) is 2.40. The molecule has 3 rings (SSSR count). The van der Waals surface area contributed by atoms with E-state index in [1.165, 1.54) is 28.9 Å². The Morgan fingerprint density at radius 1 is 1.00 bits per heavy atom. The van der Waals surface area contributed by atoms with Crippen molar-refractivity contribution >= 4 is 5.91 Å². The molecule has 0 aliphatic heterocycles. The number of amides is 1. The molecule has 0 aliphatic carbocycles. The van der Waals surface area contributed by atoms with Crippen molar-refractivity contribution in [2.75, 3.05) is 6.54 Å². The Bertz CT molecular complexity index is 955. The van der Waals surface area contributed by atoms with Crippen molar-refractivity contribution in [2.24, 2.45) is 0 Å². The van der Waals surface area contributed by atoms with Crippen LogP contribution in [0.5, 0.6) is 0 Å². The normalized spacial score (nSPS) is 10.5. The van der Waals surface area contributed by atoms with E-state index in [1.54, 1.807) is 12.1 Å². The van der Waals surface area contributed by atoms with E-state index in [1.807, 2.05) is 30.3 Å². The summed E-state index contributed by atoms with van der Waals surface area (Å²) in [6.07, 6.45) is 0.507. The Kier molecular flexibility index (Phi) is 5.53. The summed E-state index contributed by atoms with van der Waals surface area (Å²) in [6, 6.07) is 18.4. The van der Waals surface area contributed by atoms with Crippen molar-refractivity contribution in [1.29, 1.82) is 0 Å². The number of nitrogens with zero attached hydrogens (tertiary/aromatic N) is 2. The van der Waals surface area contributed by atoms with Crippen molar-refractivity contribution in [1.82, 2.24) is 15.1 Å². The van der Waals surface area contributed by atoms with Gasteiger partial charge in [-0.2, -0.15) is 5.10 Å². The molecule has 26 heavy (non-hydrogen) atoms. The second kappa shape index (κ2) is 8.20. The predicted molar refractivity (Wildman–Crippen MR) is 96.5 cm³/mol. The molecule has 5 nitrogen and oxygen atoms in total. The molecule has 132 valence electrons. The Hall–Kier alpha value is -3.28. The highest BCUT2D eigenvalue weighted by Crippen LogP contribution is 2.04. The van der Waals surface area contributed by atoms with Crippen LogP contribution in [0.25, 0.3) is 0 Å². The fraction of sp³-hybridized carbons (Fsp3) is 0.150. The maximum atomic E-state index is 13.1. The molecule has 0 saturated heterocycles. The molecule has 0 spiro atoms. The Morgan fingerprint density at radius 3 is 2.54 bits per heavy atom. The maximum absolute atomic E-state index is 13.1. The largest absolute Gasteiger partial charge is 0.350 e. The maximum Gasteiger partial charge on any atom is 0.271 e. The quantitative estimate of drug-likeness (QED) is 0.742. The molecule has 0 aliphatic rings. The van der Waals surface area contributed by atoms with Gasteiger partial charge in [-0.05, 0) is 35.7 Å². The summed E-state index contributed by atoms with van der Waals surface area (Å²) in [5, 5.41) is 6.88. The van der Waals surface area contributed by atoms with Gasteiger partial charge in [0, 0.05) is 12.6 Å². The summed E-state index contributed by atoms with van der Waals surface area (Å²) >= 11 is 0. The van der Waals surface area contributed by atoms with Crippen LogP contribution in [0.3, 0.4) is 0 Å². The number of hydrogen-bond donors (Lipinski definition) is 1. The first kappa shape index (κ1) is 17.5. The molecule has 2 aromatic carbocycles. The van der Waals surface area contributed by atoms with E-state index in [0.717, 1.165) is 11.1 Å². The summed E-state index contributed by atoms with van der Waals surface area (Å²) in [6.45, 7) is 0.645. The molecule has 3 aromatic rings. The lowest BCUT2D eigenvalue weighted by Gasteiger charge is -2.08. The Balaban J connectivity index is 1.64. The van der Waals surface area contributed by atoms with Gasteiger partial charge in [0.1, 0.15) is 11.5 Å². The van der Waals surface area contributed by atoms with Crippen LogP contribution < -0.4 is 10.9 Å². The lowest BCUT2D eigenvalue weighted by molar-refractivity contribution is 0.0946. The van der Waals surface area contributed by atoms with Gasteiger partial charge in [0.2, 0.25) is 0 Å². The fourth-order valence-corrected chi connectivity index (χ4v) is 2.54. The average molecular weight is 351 g/mol. The highest BCUT2D eigenvalue weighted by atomic mass is 19.1. The lowest BCUT2D eigenvalue weighted by atomic mass is 10.1. The highest BCUT2D eigenvalue weighted by Gasteiger charge is 2.09. The van der Waals surface area contributed by atoms with E-state index in [-0.39, 0.29) is 23.0 Å². The molecule has 0 atom stereocenters. The minimum atomic E-state index is -0.372. The number of halogens is 1. The van der Waals surface area contributed by atoms with Crippen LogP contribution in [0.15, 0.2) is 71.5 Å². The first-order valence-electron chi connectivity index (χ1n) is 8.26. The van der Waals surface area contributed by atoms with Gasteiger partial charge >= 0.3 is 0 Å². The minimum Gasteiger partial charge on any atom is -0.350 e. The summed E-state index contributed by atoms with van der Waals surface area (Å²) in [5.41, 5.74) is 1.61. The zero-order valence-corrected chi connectivity index (χ0v) is 14.1. The molecule has 0 unspecified atom stereocenters. The molecular formula is C20H18FN3O2. The lowest BCUT2D eigenvalue weighted by Crippen LogP contribution is -2.31. The smallest absolute Gasteiger partial charge is 0.271 e. The third-order valence-corrected chi connectivity index (χ3v) is 3.86. The molecule has 0 bridgehead atoms. The Morgan fingerprint density at radius 2 is 1.77 bits per heavy atom. The molecule has 1 aromatic heterocycles. The zero-order valence-electron chi connectivity index (χ0n) is 14.1. The topological polar surface area (TPSA) is 64.0 Å². The van der Waals surface area contributed by atoms with Crippen LogP contribution in [-0.2, 0) is 13.0 Å². The highest BCUT2D eigenvalue weighted by molar-refractivity contribution is 5.91. The van der Waals surface area contributed by atoms with E-state index in [4.69, 9.17) is 0 Å². The number of benzene rings is 2. The monoisotopic (exact) mass is 351 g/mol. The molecule has 0 saturated carbocycles. The van der Waals surface area contributed by atoms with Gasteiger partial charge < -0.3 is 5.32 Å². The first-order valence-corrected chi connectivity index (χ1v) is 8.26. The van der Waals surface area contributed by atoms with Gasteiger partial charge in [-0.25, -0.2) is 9.07 Å². The van der Waals surface area contributed by atoms with Gasteiger partial charge in [0.15, 0.2) is 0 Å². The van der Waals surface area contributed by atoms with Crippen molar-refractivity contribution in [2.45, 2.75) is 13.0 Å². The summed E-state index contributed by atoms with van der Waals surface area (Å²) in [5.74, 6) is -0.674. The molecule has 1 N–H and O–H groups in total. The van der Waals surface area contributed by atoms with Gasteiger partial charge in [0.05, 0.1) is 6.54 Å². The standard InChI is InChI=1S/C20H18FN3O2/c21-17-8-4-7-15(13-17)11-12-22-20(26)18-9-10-19(25)24(23-18)14-16-5-2-1-3-6-16/h1-10,13H,11-12,14H2,(H,22,26). The summed E-state index contributed by atoms with van der Waals surface area (Å²) in [4.78, 5) is 24.2. The van der Waals surface area contributed by atoms with Crippen molar-refractivity contribution in [3.05, 3.63) is 99.7 Å². The summed E-state index contributed by atoms with van der Waals surface area (Å²) in [7, 11) is 0.